The molecule has 1 amide bonds. The van der Waals surface area contributed by atoms with Crippen molar-refractivity contribution in [3.63, 3.8) is 0 Å². The van der Waals surface area contributed by atoms with Gasteiger partial charge in [0.25, 0.3) is 5.91 Å². The van der Waals surface area contributed by atoms with Crippen LogP contribution in [0.2, 0.25) is 0 Å². The summed E-state index contributed by atoms with van der Waals surface area (Å²) < 4.78 is 0. The predicted molar refractivity (Wildman–Crippen MR) is 81.3 cm³/mol. The number of nitrogens with one attached hydrogen (secondary N) is 1. The Labute approximate surface area is 114 Å². The summed E-state index contributed by atoms with van der Waals surface area (Å²) in [5.74, 6) is -0.131. The number of amides is 1. The van der Waals surface area contributed by atoms with Crippen LogP contribution in [0.1, 0.15) is 29.8 Å². The molecule has 0 radical (unpaired) electrons. The fraction of sp³-hybridized carbons (Fsp3) is 0.188. The molecule has 0 unspecified atom stereocenters. The Morgan fingerprint density at radius 3 is 2.00 bits per heavy atom. The molecule has 0 fully saturated rings. The van der Waals surface area contributed by atoms with E-state index in [9.17, 15) is 4.79 Å². The van der Waals surface area contributed by atoms with Crippen molar-refractivity contribution in [3.8, 4) is 0 Å². The maximum Gasteiger partial charge on any atom is 0.255 e. The Kier molecular flexibility index (Phi) is 5.61. The maximum atomic E-state index is 11.9. The molecule has 3 nitrogen and oxygen atoms in total. The minimum atomic E-state index is -0.131. The molecular formula is C16H20N2O. The van der Waals surface area contributed by atoms with Crippen LogP contribution < -0.4 is 11.1 Å². The van der Waals surface area contributed by atoms with E-state index < -0.39 is 0 Å². The highest BCUT2D eigenvalue weighted by atomic mass is 16.1. The topological polar surface area (TPSA) is 55.1 Å². The summed E-state index contributed by atoms with van der Waals surface area (Å²) in [5, 5.41) is 2.83. The van der Waals surface area contributed by atoms with Gasteiger partial charge in [0, 0.05) is 16.9 Å². The first-order chi connectivity index (χ1) is 9.15. The second-order valence-electron chi connectivity index (χ2n) is 3.94. The average Bonchev–Trinajstić information content (AvgIpc) is 2.44. The Hall–Kier alpha value is -2.29. The van der Waals surface area contributed by atoms with E-state index in [4.69, 9.17) is 5.73 Å². The van der Waals surface area contributed by atoms with Gasteiger partial charge in [0.05, 0.1) is 0 Å². The van der Waals surface area contributed by atoms with Crippen molar-refractivity contribution < 1.29 is 4.79 Å². The van der Waals surface area contributed by atoms with Gasteiger partial charge in [0.1, 0.15) is 0 Å². The number of benzene rings is 2. The fourth-order valence-electron chi connectivity index (χ4n) is 1.47. The van der Waals surface area contributed by atoms with Crippen molar-refractivity contribution in [1.82, 2.24) is 0 Å². The van der Waals surface area contributed by atoms with Gasteiger partial charge in [-0.1, -0.05) is 31.5 Å². The quantitative estimate of drug-likeness (QED) is 0.802. The third-order valence-electron chi connectivity index (χ3n) is 2.48. The van der Waals surface area contributed by atoms with Crippen LogP contribution in [0.4, 0.5) is 11.4 Å². The molecule has 0 spiro atoms. The van der Waals surface area contributed by atoms with Gasteiger partial charge in [-0.05, 0) is 43.3 Å². The number of hydrogen-bond donors (Lipinski definition) is 2. The molecule has 0 bridgehead atoms. The summed E-state index contributed by atoms with van der Waals surface area (Å²) in [4.78, 5) is 11.9. The zero-order valence-electron chi connectivity index (χ0n) is 11.6. The average molecular weight is 256 g/mol. The molecule has 3 heteroatoms. The van der Waals surface area contributed by atoms with Crippen molar-refractivity contribution in [2.24, 2.45) is 0 Å². The van der Waals surface area contributed by atoms with E-state index in [0.717, 1.165) is 11.3 Å². The molecule has 3 N–H and O–H groups in total. The molecule has 0 aromatic heterocycles. The van der Waals surface area contributed by atoms with Crippen LogP contribution in [0, 0.1) is 6.92 Å². The Morgan fingerprint density at radius 2 is 1.47 bits per heavy atom. The fourth-order valence-corrected chi connectivity index (χ4v) is 1.47. The molecule has 19 heavy (non-hydrogen) atoms. The number of rotatable bonds is 2. The van der Waals surface area contributed by atoms with E-state index in [1.54, 1.807) is 24.3 Å². The summed E-state index contributed by atoms with van der Waals surface area (Å²) in [6.45, 7) is 6.01. The smallest absolute Gasteiger partial charge is 0.255 e. The monoisotopic (exact) mass is 256 g/mol. The molecular weight excluding hydrogens is 236 g/mol. The summed E-state index contributed by atoms with van der Waals surface area (Å²) in [7, 11) is 0. The highest BCUT2D eigenvalue weighted by Gasteiger charge is 2.04. The van der Waals surface area contributed by atoms with Crippen LogP contribution in [0.5, 0.6) is 0 Å². The molecule has 2 rings (SSSR count). The molecule has 0 atom stereocenters. The number of anilines is 2. The molecule has 0 aliphatic heterocycles. The normalized spacial score (nSPS) is 9.21. The Bertz CT molecular complexity index is 515. The lowest BCUT2D eigenvalue weighted by Gasteiger charge is -2.05. The number of nitrogen functional groups attached to an aromatic ring is 1. The van der Waals surface area contributed by atoms with E-state index in [2.05, 4.69) is 5.32 Å². The van der Waals surface area contributed by atoms with Crippen molar-refractivity contribution in [1.29, 1.82) is 0 Å². The van der Waals surface area contributed by atoms with Gasteiger partial charge < -0.3 is 11.1 Å². The van der Waals surface area contributed by atoms with Crippen LogP contribution in [0.15, 0.2) is 48.5 Å². The number of hydrogen-bond acceptors (Lipinski definition) is 2. The zero-order chi connectivity index (χ0) is 14.3. The predicted octanol–water partition coefficient (Wildman–Crippen LogP) is 3.86. The molecule has 0 aliphatic rings. The first-order valence-electron chi connectivity index (χ1n) is 6.39. The molecule has 0 heterocycles. The van der Waals surface area contributed by atoms with Crippen molar-refractivity contribution in [3.05, 3.63) is 59.7 Å². The summed E-state index contributed by atoms with van der Waals surface area (Å²) in [6.07, 6.45) is 0. The second-order valence-corrected chi connectivity index (χ2v) is 3.94. The van der Waals surface area contributed by atoms with E-state index in [1.165, 1.54) is 0 Å². The number of carbonyl (C=O) groups is 1. The van der Waals surface area contributed by atoms with Crippen LogP contribution in [0.3, 0.4) is 0 Å². The molecule has 0 saturated heterocycles. The molecule has 2 aromatic carbocycles. The van der Waals surface area contributed by atoms with Gasteiger partial charge in [0.15, 0.2) is 0 Å². The molecule has 0 aliphatic carbocycles. The second kappa shape index (κ2) is 7.21. The SMILES string of the molecule is CC.Cc1ccc(NC(=O)c2ccc(N)cc2)cc1. The van der Waals surface area contributed by atoms with Crippen molar-refractivity contribution in [2.45, 2.75) is 20.8 Å². The Balaban J connectivity index is 0.000000861. The largest absolute Gasteiger partial charge is 0.399 e. The number of nitrogens with two attached hydrogens (primary N) is 1. The first-order valence-corrected chi connectivity index (χ1v) is 6.39. The van der Waals surface area contributed by atoms with Gasteiger partial charge >= 0.3 is 0 Å². The third-order valence-corrected chi connectivity index (χ3v) is 2.48. The van der Waals surface area contributed by atoms with E-state index in [-0.39, 0.29) is 5.91 Å². The minimum Gasteiger partial charge on any atom is -0.399 e. The van der Waals surface area contributed by atoms with Gasteiger partial charge in [-0.3, -0.25) is 4.79 Å². The molecule has 0 saturated carbocycles. The minimum absolute atomic E-state index is 0.131. The van der Waals surface area contributed by atoms with Gasteiger partial charge in [0.2, 0.25) is 0 Å². The van der Waals surface area contributed by atoms with Crippen molar-refractivity contribution >= 4 is 17.3 Å². The third kappa shape index (κ3) is 4.47. The lowest BCUT2D eigenvalue weighted by Crippen LogP contribution is -2.11. The summed E-state index contributed by atoms with van der Waals surface area (Å²) in [6, 6.07) is 14.5. The maximum absolute atomic E-state index is 11.9. The van der Waals surface area contributed by atoms with E-state index in [0.29, 0.717) is 11.3 Å². The zero-order valence-corrected chi connectivity index (χ0v) is 11.6. The van der Waals surface area contributed by atoms with Crippen LogP contribution in [-0.2, 0) is 0 Å². The highest BCUT2D eigenvalue weighted by molar-refractivity contribution is 6.04. The van der Waals surface area contributed by atoms with Crippen LogP contribution >= 0.6 is 0 Å². The lowest BCUT2D eigenvalue weighted by molar-refractivity contribution is 0.102. The summed E-state index contributed by atoms with van der Waals surface area (Å²) >= 11 is 0. The lowest BCUT2D eigenvalue weighted by atomic mass is 10.2. The van der Waals surface area contributed by atoms with E-state index in [1.807, 2.05) is 45.0 Å². The van der Waals surface area contributed by atoms with Crippen LogP contribution in [0.25, 0.3) is 0 Å². The molecule has 2 aromatic rings. The standard InChI is InChI=1S/C14H14N2O.C2H6/c1-10-2-8-13(9-3-10)16-14(17)11-4-6-12(15)7-5-11;1-2/h2-9H,15H2,1H3,(H,16,17);1-2H3. The molecule has 100 valence electrons. The number of aryl methyl sites for hydroxylation is 1. The van der Waals surface area contributed by atoms with Crippen molar-refractivity contribution in [2.75, 3.05) is 11.1 Å². The number of carbonyl (C=O) groups excluding carboxylic acids is 1. The first kappa shape index (κ1) is 14.8. The van der Waals surface area contributed by atoms with E-state index >= 15 is 0 Å². The van der Waals surface area contributed by atoms with Gasteiger partial charge in [-0.15, -0.1) is 0 Å². The Morgan fingerprint density at radius 1 is 0.947 bits per heavy atom. The van der Waals surface area contributed by atoms with Crippen LogP contribution in [-0.4, -0.2) is 5.91 Å². The highest BCUT2D eigenvalue weighted by Crippen LogP contribution is 2.11. The van der Waals surface area contributed by atoms with Gasteiger partial charge in [-0.25, -0.2) is 0 Å². The summed E-state index contributed by atoms with van der Waals surface area (Å²) in [5.41, 5.74) is 8.76. The van der Waals surface area contributed by atoms with Gasteiger partial charge in [-0.2, -0.15) is 0 Å².